The zero-order chi connectivity index (χ0) is 11.8. The number of aromatic hydroxyl groups is 1. The van der Waals surface area contributed by atoms with Crippen LogP contribution in [-0.4, -0.2) is 22.9 Å². The molecule has 0 aromatic heterocycles. The van der Waals surface area contributed by atoms with Crippen molar-refractivity contribution < 1.29 is 14.9 Å². The first-order valence-electron chi connectivity index (χ1n) is 5.10. The lowest BCUT2D eigenvalue weighted by molar-refractivity contribution is 0.150. The predicted octanol–water partition coefficient (Wildman–Crippen LogP) is 1.34. The molecule has 0 saturated heterocycles. The molecule has 0 aliphatic heterocycles. The smallest absolute Gasteiger partial charge is 0.137 e. The minimum atomic E-state index is -0.642. The zero-order valence-corrected chi connectivity index (χ0v) is 9.03. The SMILES string of the molecule is COc1cc(O)c(C#N)cc1CC1(O)CC1. The zero-order valence-electron chi connectivity index (χ0n) is 9.03. The number of hydrogen-bond donors (Lipinski definition) is 2. The molecule has 16 heavy (non-hydrogen) atoms. The molecule has 1 aliphatic rings. The van der Waals surface area contributed by atoms with Crippen molar-refractivity contribution in [1.29, 1.82) is 5.26 Å². The number of ether oxygens (including phenoxy) is 1. The largest absolute Gasteiger partial charge is 0.506 e. The van der Waals surface area contributed by atoms with Crippen molar-refractivity contribution in [3.05, 3.63) is 23.3 Å². The Hall–Kier alpha value is -1.73. The van der Waals surface area contributed by atoms with E-state index in [0.717, 1.165) is 18.4 Å². The maximum atomic E-state index is 9.83. The number of phenols is 1. The topological polar surface area (TPSA) is 73.5 Å². The Labute approximate surface area is 93.7 Å². The minimum absolute atomic E-state index is 0.0918. The van der Waals surface area contributed by atoms with Crippen LogP contribution >= 0.6 is 0 Å². The third-order valence-corrected chi connectivity index (χ3v) is 2.87. The first-order chi connectivity index (χ1) is 7.58. The van der Waals surface area contributed by atoms with Gasteiger partial charge in [-0.05, 0) is 24.5 Å². The summed E-state index contributed by atoms with van der Waals surface area (Å²) in [5, 5.41) is 28.1. The molecule has 0 heterocycles. The van der Waals surface area contributed by atoms with Gasteiger partial charge in [-0.2, -0.15) is 5.26 Å². The number of nitrogens with zero attached hydrogens (tertiary/aromatic N) is 1. The highest BCUT2D eigenvalue weighted by Gasteiger charge is 2.40. The second kappa shape index (κ2) is 3.69. The average molecular weight is 219 g/mol. The molecule has 0 bridgehead atoms. The molecule has 0 spiro atoms. The van der Waals surface area contributed by atoms with Crippen molar-refractivity contribution in [2.24, 2.45) is 0 Å². The molecule has 0 amide bonds. The molecule has 4 nitrogen and oxygen atoms in total. The summed E-state index contributed by atoms with van der Waals surface area (Å²) in [4.78, 5) is 0. The van der Waals surface area contributed by atoms with Crippen LogP contribution < -0.4 is 4.74 Å². The molecule has 84 valence electrons. The number of nitriles is 1. The van der Waals surface area contributed by atoms with E-state index in [9.17, 15) is 10.2 Å². The van der Waals surface area contributed by atoms with E-state index in [-0.39, 0.29) is 11.3 Å². The van der Waals surface area contributed by atoms with Gasteiger partial charge < -0.3 is 14.9 Å². The van der Waals surface area contributed by atoms with Crippen molar-refractivity contribution in [2.45, 2.75) is 24.9 Å². The maximum absolute atomic E-state index is 9.83. The number of phenolic OH excluding ortho intramolecular Hbond substituents is 1. The van der Waals surface area contributed by atoms with Gasteiger partial charge in [0.2, 0.25) is 0 Å². The molecule has 0 unspecified atom stereocenters. The van der Waals surface area contributed by atoms with Crippen molar-refractivity contribution in [3.63, 3.8) is 0 Å². The average Bonchev–Trinajstić information content (AvgIpc) is 2.98. The van der Waals surface area contributed by atoms with E-state index in [1.165, 1.54) is 13.2 Å². The molecular weight excluding hydrogens is 206 g/mol. The van der Waals surface area contributed by atoms with Crippen LogP contribution in [0.3, 0.4) is 0 Å². The second-order valence-electron chi connectivity index (χ2n) is 4.19. The summed E-state index contributed by atoms with van der Waals surface area (Å²) in [6, 6.07) is 4.90. The van der Waals surface area contributed by atoms with Gasteiger partial charge in [-0.15, -0.1) is 0 Å². The van der Waals surface area contributed by atoms with Gasteiger partial charge in [0.1, 0.15) is 17.6 Å². The van der Waals surface area contributed by atoms with Gasteiger partial charge in [0.25, 0.3) is 0 Å². The molecule has 1 saturated carbocycles. The maximum Gasteiger partial charge on any atom is 0.137 e. The Morgan fingerprint density at radius 1 is 1.50 bits per heavy atom. The lowest BCUT2D eigenvalue weighted by Gasteiger charge is -2.13. The van der Waals surface area contributed by atoms with E-state index in [2.05, 4.69) is 0 Å². The summed E-state index contributed by atoms with van der Waals surface area (Å²) in [5.41, 5.74) is 0.327. The highest BCUT2D eigenvalue weighted by Crippen LogP contribution is 2.41. The molecule has 1 aromatic rings. The first-order valence-corrected chi connectivity index (χ1v) is 5.10. The predicted molar refractivity (Wildman–Crippen MR) is 57.3 cm³/mol. The van der Waals surface area contributed by atoms with E-state index < -0.39 is 5.60 Å². The fourth-order valence-electron chi connectivity index (χ4n) is 1.71. The molecule has 0 atom stereocenters. The minimum Gasteiger partial charge on any atom is -0.506 e. The summed E-state index contributed by atoms with van der Waals surface area (Å²) in [6.07, 6.45) is 2.02. The lowest BCUT2D eigenvalue weighted by Crippen LogP contribution is -2.11. The van der Waals surface area contributed by atoms with Crippen LogP contribution in [-0.2, 0) is 6.42 Å². The monoisotopic (exact) mass is 219 g/mol. The quantitative estimate of drug-likeness (QED) is 0.804. The molecule has 1 aliphatic carbocycles. The summed E-state index contributed by atoms with van der Waals surface area (Å²) >= 11 is 0. The van der Waals surface area contributed by atoms with Gasteiger partial charge in [0.15, 0.2) is 0 Å². The number of benzene rings is 1. The molecule has 0 radical (unpaired) electrons. The number of methoxy groups -OCH3 is 1. The molecule has 4 heteroatoms. The normalized spacial score (nSPS) is 16.6. The number of aliphatic hydroxyl groups is 1. The fraction of sp³-hybridized carbons (Fsp3) is 0.417. The highest BCUT2D eigenvalue weighted by atomic mass is 16.5. The van der Waals surface area contributed by atoms with Crippen LogP contribution in [0.1, 0.15) is 24.0 Å². The summed E-state index contributed by atoms with van der Waals surface area (Å²) in [5.74, 6) is 0.419. The van der Waals surface area contributed by atoms with E-state index in [1.54, 1.807) is 6.07 Å². The van der Waals surface area contributed by atoms with Gasteiger partial charge in [0.05, 0.1) is 18.3 Å². The highest BCUT2D eigenvalue weighted by molar-refractivity contribution is 5.51. The van der Waals surface area contributed by atoms with Gasteiger partial charge >= 0.3 is 0 Å². The Kier molecular flexibility index (Phi) is 2.49. The van der Waals surface area contributed by atoms with Crippen LogP contribution in [0, 0.1) is 11.3 Å². The Morgan fingerprint density at radius 2 is 2.19 bits per heavy atom. The standard InChI is InChI=1S/C12H13NO3/c1-16-11-5-10(14)9(7-13)4-8(11)6-12(15)2-3-12/h4-5,14-15H,2-3,6H2,1H3. The van der Waals surface area contributed by atoms with Gasteiger partial charge in [0, 0.05) is 12.5 Å². The second-order valence-corrected chi connectivity index (χ2v) is 4.19. The third-order valence-electron chi connectivity index (χ3n) is 2.87. The molecule has 1 aromatic carbocycles. The number of rotatable bonds is 3. The van der Waals surface area contributed by atoms with Crippen molar-refractivity contribution in [3.8, 4) is 17.6 Å². The molecular formula is C12H13NO3. The third kappa shape index (κ3) is 1.95. The van der Waals surface area contributed by atoms with Gasteiger partial charge in [-0.25, -0.2) is 0 Å². The lowest BCUT2D eigenvalue weighted by atomic mass is 10.0. The van der Waals surface area contributed by atoms with Crippen LogP contribution in [0.25, 0.3) is 0 Å². The van der Waals surface area contributed by atoms with Crippen LogP contribution in [0.15, 0.2) is 12.1 Å². The van der Waals surface area contributed by atoms with E-state index in [1.807, 2.05) is 6.07 Å². The molecule has 2 rings (SSSR count). The first kappa shape index (κ1) is 10.8. The Morgan fingerprint density at radius 3 is 2.69 bits per heavy atom. The van der Waals surface area contributed by atoms with Crippen LogP contribution in [0.2, 0.25) is 0 Å². The Balaban J connectivity index is 2.38. The van der Waals surface area contributed by atoms with Crippen molar-refractivity contribution >= 4 is 0 Å². The Bertz CT molecular complexity index is 458. The van der Waals surface area contributed by atoms with Crippen molar-refractivity contribution in [2.75, 3.05) is 7.11 Å². The van der Waals surface area contributed by atoms with E-state index in [4.69, 9.17) is 10.00 Å². The van der Waals surface area contributed by atoms with Crippen LogP contribution in [0.5, 0.6) is 11.5 Å². The summed E-state index contributed by atoms with van der Waals surface area (Å²) in [6.45, 7) is 0. The van der Waals surface area contributed by atoms with E-state index in [0.29, 0.717) is 12.2 Å². The van der Waals surface area contributed by atoms with Gasteiger partial charge in [-0.3, -0.25) is 0 Å². The van der Waals surface area contributed by atoms with Crippen LogP contribution in [0.4, 0.5) is 0 Å². The van der Waals surface area contributed by atoms with Gasteiger partial charge in [-0.1, -0.05) is 0 Å². The van der Waals surface area contributed by atoms with Crippen molar-refractivity contribution in [1.82, 2.24) is 0 Å². The molecule has 2 N–H and O–H groups in total. The molecule has 1 fully saturated rings. The summed E-state index contributed by atoms with van der Waals surface area (Å²) in [7, 11) is 1.50. The summed E-state index contributed by atoms with van der Waals surface area (Å²) < 4.78 is 5.12. The fourth-order valence-corrected chi connectivity index (χ4v) is 1.71. The van der Waals surface area contributed by atoms with E-state index >= 15 is 0 Å². The number of hydrogen-bond acceptors (Lipinski definition) is 4.